The largest absolute Gasteiger partial charge is 0.417 e. The van der Waals surface area contributed by atoms with E-state index < -0.39 is 11.7 Å². The van der Waals surface area contributed by atoms with Gasteiger partial charge in [0.25, 0.3) is 0 Å². The van der Waals surface area contributed by atoms with Gasteiger partial charge in [0.1, 0.15) is 0 Å². The molecule has 4 rings (SSSR count). The van der Waals surface area contributed by atoms with E-state index in [2.05, 4.69) is 5.10 Å². The highest BCUT2D eigenvalue weighted by molar-refractivity contribution is 5.95. The molecule has 1 aliphatic rings. The summed E-state index contributed by atoms with van der Waals surface area (Å²) in [5, 5.41) is 5.20. The Morgan fingerprint density at radius 3 is 2.62 bits per heavy atom. The van der Waals surface area contributed by atoms with Gasteiger partial charge in [0.05, 0.1) is 16.8 Å². The zero-order valence-corrected chi connectivity index (χ0v) is 11.0. The number of hydrogen-bond acceptors (Lipinski definition) is 1. The molecule has 2 heterocycles. The van der Waals surface area contributed by atoms with E-state index in [-0.39, 0.29) is 5.56 Å². The van der Waals surface area contributed by atoms with Gasteiger partial charge in [-0.15, -0.1) is 0 Å². The van der Waals surface area contributed by atoms with Crippen LogP contribution in [0.3, 0.4) is 0 Å². The monoisotopic (exact) mass is 288 g/mol. The van der Waals surface area contributed by atoms with Crippen molar-refractivity contribution in [3.8, 4) is 11.3 Å². The number of rotatable bonds is 0. The molecule has 2 nitrogen and oxygen atoms in total. The van der Waals surface area contributed by atoms with Crippen LogP contribution in [0.2, 0.25) is 0 Å². The van der Waals surface area contributed by atoms with Crippen LogP contribution in [0.15, 0.2) is 42.5 Å². The van der Waals surface area contributed by atoms with E-state index >= 15 is 0 Å². The molecule has 2 aromatic carbocycles. The first-order valence-corrected chi connectivity index (χ1v) is 6.71. The summed E-state index contributed by atoms with van der Waals surface area (Å²) < 4.78 is 41.7. The lowest BCUT2D eigenvalue weighted by Gasteiger charge is -2.22. The van der Waals surface area contributed by atoms with Crippen LogP contribution < -0.4 is 0 Å². The van der Waals surface area contributed by atoms with Crippen molar-refractivity contribution in [2.45, 2.75) is 19.1 Å². The number of halogens is 3. The van der Waals surface area contributed by atoms with Crippen molar-refractivity contribution in [1.82, 2.24) is 9.78 Å². The van der Waals surface area contributed by atoms with Crippen LogP contribution in [-0.4, -0.2) is 9.78 Å². The third-order valence-corrected chi connectivity index (χ3v) is 3.93. The van der Waals surface area contributed by atoms with Gasteiger partial charge in [0, 0.05) is 17.5 Å². The van der Waals surface area contributed by atoms with Gasteiger partial charge in [-0.3, -0.25) is 4.68 Å². The summed E-state index contributed by atoms with van der Waals surface area (Å²) in [5.41, 5.74) is 1.76. The normalized spacial score (nSPS) is 14.0. The molecular formula is C16H11F3N2. The van der Waals surface area contributed by atoms with Crippen molar-refractivity contribution in [3.05, 3.63) is 53.6 Å². The van der Waals surface area contributed by atoms with Crippen molar-refractivity contribution in [1.29, 1.82) is 0 Å². The molecule has 0 saturated carbocycles. The SMILES string of the molecule is FC(F)(F)c1cccc2c1-c1c3ccccc3nn1CC2. The van der Waals surface area contributed by atoms with Crippen LogP contribution in [0.25, 0.3) is 22.2 Å². The molecular weight excluding hydrogens is 277 g/mol. The first kappa shape index (κ1) is 12.4. The quantitative estimate of drug-likeness (QED) is 0.604. The van der Waals surface area contributed by atoms with Crippen LogP contribution in [0.5, 0.6) is 0 Å². The number of nitrogens with zero attached hydrogens (tertiary/aromatic N) is 2. The lowest BCUT2D eigenvalue weighted by Crippen LogP contribution is -2.17. The van der Waals surface area contributed by atoms with Gasteiger partial charge in [-0.1, -0.05) is 30.3 Å². The van der Waals surface area contributed by atoms with E-state index in [1.807, 2.05) is 24.3 Å². The fraction of sp³-hybridized carbons (Fsp3) is 0.188. The van der Waals surface area contributed by atoms with Crippen LogP contribution in [0.4, 0.5) is 13.2 Å². The fourth-order valence-electron chi connectivity index (χ4n) is 3.06. The maximum atomic E-state index is 13.3. The van der Waals surface area contributed by atoms with E-state index in [0.717, 1.165) is 22.5 Å². The standard InChI is InChI=1S/C16H11F3N2/c17-16(18,19)12-6-3-4-10-8-9-21-15(14(10)12)11-5-1-2-7-13(11)20-21/h1-7H,8-9H2. The van der Waals surface area contributed by atoms with Crippen LogP contribution in [-0.2, 0) is 19.1 Å². The van der Waals surface area contributed by atoms with Gasteiger partial charge in [-0.25, -0.2) is 0 Å². The van der Waals surface area contributed by atoms with Gasteiger partial charge in [-0.05, 0) is 24.1 Å². The molecule has 0 unspecified atom stereocenters. The lowest BCUT2D eigenvalue weighted by atomic mass is 9.92. The Morgan fingerprint density at radius 2 is 1.81 bits per heavy atom. The first-order chi connectivity index (χ1) is 10.1. The Morgan fingerprint density at radius 1 is 1.00 bits per heavy atom. The summed E-state index contributed by atoms with van der Waals surface area (Å²) in [6.45, 7) is 0.609. The van der Waals surface area contributed by atoms with Crippen LogP contribution in [0, 0.1) is 0 Å². The van der Waals surface area contributed by atoms with Gasteiger partial charge < -0.3 is 0 Å². The zero-order chi connectivity index (χ0) is 14.6. The second-order valence-electron chi connectivity index (χ2n) is 5.18. The van der Waals surface area contributed by atoms with Gasteiger partial charge in [0.15, 0.2) is 0 Å². The minimum absolute atomic E-state index is 0.282. The summed E-state index contributed by atoms with van der Waals surface area (Å²) in [6, 6.07) is 11.7. The van der Waals surface area contributed by atoms with Crippen molar-refractivity contribution < 1.29 is 13.2 Å². The summed E-state index contributed by atoms with van der Waals surface area (Å²) in [6.07, 6.45) is -3.79. The van der Waals surface area contributed by atoms with Crippen molar-refractivity contribution in [3.63, 3.8) is 0 Å². The third-order valence-electron chi connectivity index (χ3n) is 3.93. The number of fused-ring (bicyclic) bond motifs is 5. The molecule has 0 radical (unpaired) electrons. The first-order valence-electron chi connectivity index (χ1n) is 6.71. The molecule has 0 fully saturated rings. The molecule has 106 valence electrons. The third kappa shape index (κ3) is 1.77. The zero-order valence-electron chi connectivity index (χ0n) is 11.0. The number of aromatic nitrogens is 2. The summed E-state index contributed by atoms with van der Waals surface area (Å²) in [7, 11) is 0. The molecule has 0 aliphatic carbocycles. The molecule has 1 aliphatic heterocycles. The van der Waals surface area contributed by atoms with Crippen LogP contribution in [0.1, 0.15) is 11.1 Å². The Balaban J connectivity index is 2.12. The van der Waals surface area contributed by atoms with Gasteiger partial charge >= 0.3 is 6.18 Å². The topological polar surface area (TPSA) is 17.8 Å². The minimum atomic E-state index is -4.36. The number of benzene rings is 2. The van der Waals surface area contributed by atoms with E-state index in [1.54, 1.807) is 10.7 Å². The Hall–Kier alpha value is -2.30. The highest BCUT2D eigenvalue weighted by atomic mass is 19.4. The van der Waals surface area contributed by atoms with E-state index in [9.17, 15) is 13.2 Å². The summed E-state index contributed by atoms with van der Waals surface area (Å²) in [4.78, 5) is 0. The molecule has 0 spiro atoms. The second-order valence-corrected chi connectivity index (χ2v) is 5.18. The molecule has 0 saturated heterocycles. The molecule has 1 aromatic heterocycles. The molecule has 0 amide bonds. The van der Waals surface area contributed by atoms with E-state index in [0.29, 0.717) is 18.7 Å². The average molecular weight is 288 g/mol. The lowest BCUT2D eigenvalue weighted by molar-refractivity contribution is -0.137. The highest BCUT2D eigenvalue weighted by Crippen LogP contribution is 2.43. The minimum Gasteiger partial charge on any atom is -0.263 e. The molecule has 0 bridgehead atoms. The second kappa shape index (κ2) is 4.10. The summed E-state index contributed by atoms with van der Waals surface area (Å²) in [5.74, 6) is 0. The fourth-order valence-corrected chi connectivity index (χ4v) is 3.06. The number of alkyl halides is 3. The summed E-state index contributed by atoms with van der Waals surface area (Å²) >= 11 is 0. The predicted molar refractivity (Wildman–Crippen MR) is 73.9 cm³/mol. The average Bonchev–Trinajstić information content (AvgIpc) is 2.84. The van der Waals surface area contributed by atoms with Crippen LogP contribution >= 0.6 is 0 Å². The molecule has 0 N–H and O–H groups in total. The Bertz CT molecular complexity index is 846. The van der Waals surface area contributed by atoms with Crippen molar-refractivity contribution in [2.75, 3.05) is 0 Å². The van der Waals surface area contributed by atoms with E-state index in [1.165, 1.54) is 6.07 Å². The molecule has 3 aromatic rings. The van der Waals surface area contributed by atoms with Gasteiger partial charge in [0.2, 0.25) is 0 Å². The maximum absolute atomic E-state index is 13.3. The van der Waals surface area contributed by atoms with E-state index in [4.69, 9.17) is 0 Å². The number of aryl methyl sites for hydroxylation is 2. The van der Waals surface area contributed by atoms with Crippen molar-refractivity contribution in [2.24, 2.45) is 0 Å². The van der Waals surface area contributed by atoms with Crippen molar-refractivity contribution >= 4 is 10.9 Å². The predicted octanol–water partition coefficient (Wildman–Crippen LogP) is 4.28. The maximum Gasteiger partial charge on any atom is 0.417 e. The van der Waals surface area contributed by atoms with Gasteiger partial charge in [-0.2, -0.15) is 18.3 Å². The molecule has 21 heavy (non-hydrogen) atoms. The smallest absolute Gasteiger partial charge is 0.263 e. The molecule has 5 heteroatoms. The highest BCUT2D eigenvalue weighted by Gasteiger charge is 2.37. The Labute approximate surface area is 118 Å². The Kier molecular flexibility index (Phi) is 2.43. The number of hydrogen-bond donors (Lipinski definition) is 0. The molecule has 0 atom stereocenters.